The molecular weight excluding hydrogens is 364 g/mol. The van der Waals surface area contributed by atoms with Crippen molar-refractivity contribution >= 4 is 11.2 Å². The van der Waals surface area contributed by atoms with E-state index in [1.54, 1.807) is 17.7 Å². The highest BCUT2D eigenvalue weighted by Gasteiger charge is 2.21. The number of hydrogen-bond acceptors (Lipinski definition) is 4. The highest BCUT2D eigenvalue weighted by molar-refractivity contribution is 5.78. The molecule has 6 nitrogen and oxygen atoms in total. The van der Waals surface area contributed by atoms with Crippen LogP contribution in [0, 0.1) is 6.92 Å². The Bertz CT molecular complexity index is 1130. The predicted octanol–water partition coefficient (Wildman–Crippen LogP) is 4.59. The number of imidazole rings is 1. The van der Waals surface area contributed by atoms with Crippen LogP contribution in [0.25, 0.3) is 22.6 Å². The van der Waals surface area contributed by atoms with Crippen molar-refractivity contribution in [3.05, 3.63) is 64.6 Å². The van der Waals surface area contributed by atoms with E-state index in [2.05, 4.69) is 25.0 Å². The molecule has 1 unspecified atom stereocenters. The van der Waals surface area contributed by atoms with Crippen molar-refractivity contribution in [3.8, 4) is 17.3 Å². The molecule has 0 N–H and O–H groups in total. The molecule has 6 heteroatoms. The Morgan fingerprint density at radius 2 is 1.97 bits per heavy atom. The first-order chi connectivity index (χ1) is 13.7. The zero-order valence-electron chi connectivity index (χ0n) is 17.9. The second-order valence-electron chi connectivity index (χ2n) is 7.61. The maximum Gasteiger partial charge on any atom is 0.253 e. The maximum atomic E-state index is 12.2. The molecule has 0 aliphatic rings. The summed E-state index contributed by atoms with van der Waals surface area (Å²) in [5.74, 6) is 1.33. The monoisotopic (exact) mass is 392 g/mol. The fourth-order valence-electron chi connectivity index (χ4n) is 3.36. The molecule has 1 atom stereocenters. The molecule has 0 radical (unpaired) electrons. The van der Waals surface area contributed by atoms with Gasteiger partial charge in [-0.3, -0.25) is 4.79 Å². The van der Waals surface area contributed by atoms with Gasteiger partial charge in [0, 0.05) is 30.4 Å². The lowest BCUT2D eigenvalue weighted by molar-refractivity contribution is 0.233. The van der Waals surface area contributed by atoms with E-state index in [9.17, 15) is 4.79 Å². The normalized spacial score (nSPS) is 13.1. The van der Waals surface area contributed by atoms with Crippen molar-refractivity contribution in [2.24, 2.45) is 7.05 Å². The molecule has 3 aromatic rings. The van der Waals surface area contributed by atoms with Gasteiger partial charge in [-0.15, -0.1) is 0 Å². The topological polar surface area (TPSA) is 61.9 Å². The molecule has 0 spiro atoms. The molecule has 0 saturated carbocycles. The van der Waals surface area contributed by atoms with E-state index in [4.69, 9.17) is 14.7 Å². The number of aromatic nitrogens is 4. The standard InChI is InChI=1S/C23H28N4O2/c1-8-9-15(4)17(6)27-21(18-12-16(5)23(28)26(7)13-18)24-19-10-11-20(25-22(19)27)29-14(2)3/h8-14,17H,1H2,2-7H3. The van der Waals surface area contributed by atoms with Crippen LogP contribution in [0.5, 0.6) is 5.88 Å². The molecule has 0 amide bonds. The molecule has 0 saturated heterocycles. The molecular formula is C23H28N4O2. The second-order valence-corrected chi connectivity index (χ2v) is 7.61. The quantitative estimate of drug-likeness (QED) is 0.576. The van der Waals surface area contributed by atoms with Gasteiger partial charge in [-0.1, -0.05) is 24.3 Å². The Balaban J connectivity index is 2.31. The minimum atomic E-state index is -0.0158. The number of aryl methyl sites for hydroxylation is 2. The number of allylic oxidation sites excluding steroid dienone is 3. The van der Waals surface area contributed by atoms with Gasteiger partial charge < -0.3 is 13.9 Å². The summed E-state index contributed by atoms with van der Waals surface area (Å²) in [4.78, 5) is 21.8. The lowest BCUT2D eigenvalue weighted by Gasteiger charge is -2.19. The highest BCUT2D eigenvalue weighted by Crippen LogP contribution is 2.31. The number of ether oxygens (including phenoxy) is 1. The first-order valence-electron chi connectivity index (χ1n) is 9.75. The van der Waals surface area contributed by atoms with Gasteiger partial charge in [0.05, 0.1) is 12.1 Å². The first-order valence-corrected chi connectivity index (χ1v) is 9.75. The SMILES string of the molecule is C=CC=C(C)C(C)n1c(-c2cc(C)c(=O)n(C)c2)nc2ccc(OC(C)C)nc21. The van der Waals surface area contributed by atoms with Gasteiger partial charge in [-0.2, -0.15) is 4.98 Å². The van der Waals surface area contributed by atoms with Crippen molar-refractivity contribution in [1.82, 2.24) is 19.1 Å². The van der Waals surface area contributed by atoms with E-state index in [0.29, 0.717) is 11.4 Å². The molecule has 3 aromatic heterocycles. The predicted molar refractivity (Wildman–Crippen MR) is 117 cm³/mol. The fourth-order valence-corrected chi connectivity index (χ4v) is 3.36. The van der Waals surface area contributed by atoms with Gasteiger partial charge in [0.1, 0.15) is 11.3 Å². The molecule has 0 bridgehead atoms. The van der Waals surface area contributed by atoms with Gasteiger partial charge in [0.2, 0.25) is 5.88 Å². The maximum absolute atomic E-state index is 12.2. The second kappa shape index (κ2) is 8.07. The number of rotatable bonds is 6. The molecule has 0 aliphatic heterocycles. The lowest BCUT2D eigenvalue weighted by atomic mass is 10.1. The molecule has 0 aliphatic carbocycles. The van der Waals surface area contributed by atoms with Crippen LogP contribution in [0.4, 0.5) is 0 Å². The summed E-state index contributed by atoms with van der Waals surface area (Å²) in [6.45, 7) is 13.7. The van der Waals surface area contributed by atoms with E-state index < -0.39 is 0 Å². The van der Waals surface area contributed by atoms with E-state index in [1.165, 1.54) is 0 Å². The summed E-state index contributed by atoms with van der Waals surface area (Å²) >= 11 is 0. The third-order valence-electron chi connectivity index (χ3n) is 4.92. The lowest BCUT2D eigenvalue weighted by Crippen LogP contribution is -2.19. The van der Waals surface area contributed by atoms with E-state index in [-0.39, 0.29) is 17.7 Å². The molecule has 0 aromatic carbocycles. The van der Waals surface area contributed by atoms with Crippen molar-refractivity contribution in [1.29, 1.82) is 0 Å². The summed E-state index contributed by atoms with van der Waals surface area (Å²) in [6.07, 6.45) is 5.61. The van der Waals surface area contributed by atoms with E-state index in [0.717, 1.165) is 28.1 Å². The van der Waals surface area contributed by atoms with Gasteiger partial charge in [0.25, 0.3) is 5.56 Å². The van der Waals surface area contributed by atoms with Crippen molar-refractivity contribution < 1.29 is 4.74 Å². The van der Waals surface area contributed by atoms with Gasteiger partial charge in [-0.05, 0) is 46.8 Å². The fraction of sp³-hybridized carbons (Fsp3) is 0.348. The van der Waals surface area contributed by atoms with Crippen LogP contribution in [0.2, 0.25) is 0 Å². The minimum absolute atomic E-state index is 0.00709. The van der Waals surface area contributed by atoms with Crippen molar-refractivity contribution in [3.63, 3.8) is 0 Å². The van der Waals surface area contributed by atoms with Gasteiger partial charge >= 0.3 is 0 Å². The summed E-state index contributed by atoms with van der Waals surface area (Å²) < 4.78 is 9.49. The zero-order chi connectivity index (χ0) is 21.3. The molecule has 0 fully saturated rings. The van der Waals surface area contributed by atoms with Crippen LogP contribution in [0.3, 0.4) is 0 Å². The van der Waals surface area contributed by atoms with Crippen molar-refractivity contribution in [2.75, 3.05) is 0 Å². The van der Waals surface area contributed by atoms with Crippen LogP contribution < -0.4 is 10.3 Å². The van der Waals surface area contributed by atoms with Gasteiger partial charge in [0.15, 0.2) is 5.65 Å². The van der Waals surface area contributed by atoms with Crippen LogP contribution in [-0.2, 0) is 7.05 Å². The van der Waals surface area contributed by atoms with Crippen LogP contribution >= 0.6 is 0 Å². The smallest absolute Gasteiger partial charge is 0.253 e. The minimum Gasteiger partial charge on any atom is -0.475 e. The Hall–Kier alpha value is -3.15. The Kier molecular flexibility index (Phi) is 5.73. The number of pyridine rings is 2. The van der Waals surface area contributed by atoms with Gasteiger partial charge in [-0.25, -0.2) is 4.98 Å². The van der Waals surface area contributed by atoms with Crippen LogP contribution in [-0.4, -0.2) is 25.2 Å². The average Bonchev–Trinajstić information content (AvgIpc) is 3.03. The van der Waals surface area contributed by atoms with Crippen LogP contribution in [0.15, 0.2) is 53.5 Å². The summed E-state index contributed by atoms with van der Waals surface area (Å²) in [7, 11) is 1.75. The molecule has 152 valence electrons. The third kappa shape index (κ3) is 4.01. The number of hydrogen-bond donors (Lipinski definition) is 0. The highest BCUT2D eigenvalue weighted by atomic mass is 16.5. The number of fused-ring (bicyclic) bond motifs is 1. The summed E-state index contributed by atoms with van der Waals surface area (Å²) in [5, 5.41) is 0. The Morgan fingerprint density at radius 3 is 2.59 bits per heavy atom. The van der Waals surface area contributed by atoms with Crippen molar-refractivity contribution in [2.45, 2.75) is 46.8 Å². The molecule has 3 heterocycles. The number of nitrogens with zero attached hydrogens (tertiary/aromatic N) is 4. The Labute approximate surface area is 171 Å². The Morgan fingerprint density at radius 1 is 1.24 bits per heavy atom. The summed E-state index contributed by atoms with van der Waals surface area (Å²) in [6, 6.07) is 5.64. The first kappa shape index (κ1) is 20.6. The third-order valence-corrected chi connectivity index (χ3v) is 4.92. The molecule has 29 heavy (non-hydrogen) atoms. The molecule has 3 rings (SSSR count). The van der Waals surface area contributed by atoms with Crippen LogP contribution in [0.1, 0.15) is 39.3 Å². The van der Waals surface area contributed by atoms with E-state index >= 15 is 0 Å². The zero-order valence-corrected chi connectivity index (χ0v) is 17.9. The average molecular weight is 393 g/mol. The summed E-state index contributed by atoms with van der Waals surface area (Å²) in [5.41, 5.74) is 4.17. The largest absolute Gasteiger partial charge is 0.475 e. The van der Waals surface area contributed by atoms with E-state index in [1.807, 2.05) is 51.2 Å².